The highest BCUT2D eigenvalue weighted by molar-refractivity contribution is 7.92. The first-order valence-corrected chi connectivity index (χ1v) is 11.2. The molecule has 10 heteroatoms. The summed E-state index contributed by atoms with van der Waals surface area (Å²) in [4.78, 5) is 13.6. The number of nitrogens with zero attached hydrogens (tertiary/aromatic N) is 1. The standard InChI is InChI=1S/C22H19ClF2N2O4S/c1-27(12-13-31-18-8-4-16(23)5-9-18)22(28)15-2-6-17(7-3-15)26-32(29,30)19-10-11-20(24)21(25)14-19/h2-11,14,26H,12-13H2,1H3. The number of carbonyl (C=O) groups is 1. The third kappa shape index (κ3) is 5.95. The van der Waals surface area contributed by atoms with E-state index in [0.717, 1.165) is 12.1 Å². The van der Waals surface area contributed by atoms with E-state index in [-0.39, 0.29) is 18.2 Å². The lowest BCUT2D eigenvalue weighted by Gasteiger charge is -2.18. The van der Waals surface area contributed by atoms with Crippen LogP contribution in [0.1, 0.15) is 10.4 Å². The molecule has 0 aliphatic rings. The Morgan fingerprint density at radius 3 is 2.28 bits per heavy atom. The van der Waals surface area contributed by atoms with Crippen LogP contribution in [-0.2, 0) is 10.0 Å². The van der Waals surface area contributed by atoms with Crippen LogP contribution in [-0.4, -0.2) is 39.4 Å². The van der Waals surface area contributed by atoms with Gasteiger partial charge in [-0.1, -0.05) is 11.6 Å². The van der Waals surface area contributed by atoms with Crippen LogP contribution in [0.5, 0.6) is 5.75 Å². The predicted molar refractivity (Wildman–Crippen MR) is 118 cm³/mol. The van der Waals surface area contributed by atoms with Crippen molar-refractivity contribution in [1.29, 1.82) is 0 Å². The van der Waals surface area contributed by atoms with Gasteiger partial charge in [-0.25, -0.2) is 17.2 Å². The van der Waals surface area contributed by atoms with Gasteiger partial charge in [0.2, 0.25) is 0 Å². The maximum Gasteiger partial charge on any atom is 0.261 e. The number of halogens is 3. The van der Waals surface area contributed by atoms with E-state index in [1.807, 2.05) is 0 Å². The number of sulfonamides is 1. The molecule has 0 aromatic heterocycles. The highest BCUT2D eigenvalue weighted by Crippen LogP contribution is 2.19. The van der Waals surface area contributed by atoms with E-state index >= 15 is 0 Å². The monoisotopic (exact) mass is 480 g/mol. The number of likely N-dealkylation sites (N-methyl/N-ethyl adjacent to an activating group) is 1. The molecule has 0 atom stereocenters. The van der Waals surface area contributed by atoms with Gasteiger partial charge in [-0.2, -0.15) is 0 Å². The summed E-state index contributed by atoms with van der Waals surface area (Å²) >= 11 is 5.82. The number of hydrogen-bond donors (Lipinski definition) is 1. The molecule has 1 amide bonds. The lowest BCUT2D eigenvalue weighted by atomic mass is 10.2. The van der Waals surface area contributed by atoms with Crippen LogP contribution in [0.3, 0.4) is 0 Å². The molecule has 3 aromatic rings. The Labute approximate surface area is 189 Å². The molecule has 0 unspecified atom stereocenters. The van der Waals surface area contributed by atoms with Crippen LogP contribution >= 0.6 is 11.6 Å². The second-order valence-electron chi connectivity index (χ2n) is 6.79. The van der Waals surface area contributed by atoms with Crippen molar-refractivity contribution in [1.82, 2.24) is 4.90 Å². The summed E-state index contributed by atoms with van der Waals surface area (Å²) in [6.45, 7) is 0.599. The van der Waals surface area contributed by atoms with Crippen molar-refractivity contribution in [3.63, 3.8) is 0 Å². The Balaban J connectivity index is 1.58. The van der Waals surface area contributed by atoms with Crippen LogP contribution in [0.25, 0.3) is 0 Å². The second kappa shape index (κ2) is 9.97. The van der Waals surface area contributed by atoms with Gasteiger partial charge in [0.25, 0.3) is 15.9 Å². The van der Waals surface area contributed by atoms with E-state index in [1.54, 1.807) is 31.3 Å². The Kier molecular flexibility index (Phi) is 7.32. The molecule has 0 saturated carbocycles. The van der Waals surface area contributed by atoms with Crippen molar-refractivity contribution in [2.45, 2.75) is 4.90 Å². The average Bonchev–Trinajstić information content (AvgIpc) is 2.76. The number of anilines is 1. The normalized spacial score (nSPS) is 11.1. The van der Waals surface area contributed by atoms with Crippen LogP contribution in [0, 0.1) is 11.6 Å². The summed E-state index contributed by atoms with van der Waals surface area (Å²) in [6, 6.07) is 14.9. The van der Waals surface area contributed by atoms with Crippen LogP contribution < -0.4 is 9.46 Å². The third-order valence-corrected chi connectivity index (χ3v) is 6.07. The summed E-state index contributed by atoms with van der Waals surface area (Å²) in [5, 5.41) is 0.597. The third-order valence-electron chi connectivity index (χ3n) is 4.44. The molecular formula is C22H19ClF2N2O4S. The minimum absolute atomic E-state index is 0.167. The summed E-state index contributed by atoms with van der Waals surface area (Å²) in [6.07, 6.45) is 0. The van der Waals surface area contributed by atoms with Crippen molar-refractivity contribution in [3.05, 3.63) is 89.0 Å². The molecule has 3 rings (SSSR count). The number of rotatable bonds is 8. The molecule has 32 heavy (non-hydrogen) atoms. The summed E-state index contributed by atoms with van der Waals surface area (Å²) in [7, 11) is -2.50. The summed E-state index contributed by atoms with van der Waals surface area (Å²) in [5.74, 6) is -2.06. The van der Waals surface area contributed by atoms with Crippen LogP contribution in [0.2, 0.25) is 5.02 Å². The van der Waals surface area contributed by atoms with E-state index in [4.69, 9.17) is 16.3 Å². The lowest BCUT2D eigenvalue weighted by molar-refractivity contribution is 0.0774. The van der Waals surface area contributed by atoms with Crippen molar-refractivity contribution in [3.8, 4) is 5.75 Å². The molecule has 0 spiro atoms. The number of carbonyl (C=O) groups excluding carboxylic acids is 1. The zero-order chi connectivity index (χ0) is 23.3. The molecule has 0 radical (unpaired) electrons. The minimum atomic E-state index is -4.12. The molecule has 0 heterocycles. The summed E-state index contributed by atoms with van der Waals surface area (Å²) < 4.78 is 58.9. The quantitative estimate of drug-likeness (QED) is 0.512. The van der Waals surface area contributed by atoms with Gasteiger partial charge in [-0.05, 0) is 66.7 Å². The number of benzene rings is 3. The molecule has 0 saturated heterocycles. The van der Waals surface area contributed by atoms with Crippen molar-refractivity contribution < 1.29 is 26.7 Å². The number of ether oxygens (including phenoxy) is 1. The molecule has 6 nitrogen and oxygen atoms in total. The van der Waals surface area contributed by atoms with E-state index < -0.39 is 26.6 Å². The number of nitrogens with one attached hydrogen (secondary N) is 1. The van der Waals surface area contributed by atoms with Crippen molar-refractivity contribution >= 4 is 33.2 Å². The fraction of sp³-hybridized carbons (Fsp3) is 0.136. The van der Waals surface area contributed by atoms with E-state index in [9.17, 15) is 22.0 Å². The van der Waals surface area contributed by atoms with E-state index in [1.165, 1.54) is 29.2 Å². The zero-order valence-electron chi connectivity index (χ0n) is 16.9. The maximum atomic E-state index is 13.3. The van der Waals surface area contributed by atoms with Gasteiger partial charge in [0.05, 0.1) is 11.4 Å². The van der Waals surface area contributed by atoms with Gasteiger partial charge in [-0.3, -0.25) is 9.52 Å². The Morgan fingerprint density at radius 1 is 1.00 bits per heavy atom. The van der Waals surface area contributed by atoms with Gasteiger partial charge < -0.3 is 9.64 Å². The van der Waals surface area contributed by atoms with E-state index in [0.29, 0.717) is 28.9 Å². The molecule has 0 aliphatic carbocycles. The molecule has 0 fully saturated rings. The highest BCUT2D eigenvalue weighted by atomic mass is 35.5. The van der Waals surface area contributed by atoms with Crippen LogP contribution in [0.4, 0.5) is 14.5 Å². The molecule has 0 aliphatic heterocycles. The Hall–Kier alpha value is -3.17. The first-order chi connectivity index (χ1) is 15.2. The smallest absolute Gasteiger partial charge is 0.261 e. The van der Waals surface area contributed by atoms with Crippen molar-refractivity contribution in [2.75, 3.05) is 24.9 Å². The summed E-state index contributed by atoms with van der Waals surface area (Å²) in [5.41, 5.74) is 0.509. The Morgan fingerprint density at radius 2 is 1.66 bits per heavy atom. The number of hydrogen-bond acceptors (Lipinski definition) is 4. The topological polar surface area (TPSA) is 75.7 Å². The van der Waals surface area contributed by atoms with Gasteiger partial charge in [0.1, 0.15) is 12.4 Å². The first-order valence-electron chi connectivity index (χ1n) is 9.37. The van der Waals surface area contributed by atoms with Gasteiger partial charge >= 0.3 is 0 Å². The SMILES string of the molecule is CN(CCOc1ccc(Cl)cc1)C(=O)c1ccc(NS(=O)(=O)c2ccc(F)c(F)c2)cc1. The fourth-order valence-electron chi connectivity index (χ4n) is 2.69. The fourth-order valence-corrected chi connectivity index (χ4v) is 3.89. The van der Waals surface area contributed by atoms with Crippen LogP contribution in [0.15, 0.2) is 71.6 Å². The lowest BCUT2D eigenvalue weighted by Crippen LogP contribution is -2.30. The molecular weight excluding hydrogens is 462 g/mol. The highest BCUT2D eigenvalue weighted by Gasteiger charge is 2.17. The zero-order valence-corrected chi connectivity index (χ0v) is 18.5. The van der Waals surface area contributed by atoms with Gasteiger partial charge in [0.15, 0.2) is 11.6 Å². The number of amides is 1. The van der Waals surface area contributed by atoms with Crippen molar-refractivity contribution in [2.24, 2.45) is 0 Å². The van der Waals surface area contributed by atoms with Gasteiger partial charge in [-0.15, -0.1) is 0 Å². The molecule has 0 bridgehead atoms. The molecule has 3 aromatic carbocycles. The van der Waals surface area contributed by atoms with Gasteiger partial charge in [0, 0.05) is 23.3 Å². The largest absolute Gasteiger partial charge is 0.492 e. The molecule has 168 valence electrons. The minimum Gasteiger partial charge on any atom is -0.492 e. The first kappa shape index (κ1) is 23.5. The Bertz CT molecular complexity index is 1200. The van der Waals surface area contributed by atoms with E-state index in [2.05, 4.69) is 4.72 Å². The predicted octanol–water partition coefficient (Wildman–Crippen LogP) is 4.57. The second-order valence-corrected chi connectivity index (χ2v) is 8.91. The maximum absolute atomic E-state index is 13.3. The average molecular weight is 481 g/mol. The molecule has 1 N–H and O–H groups in total.